The molecule has 0 atom stereocenters. The van der Waals surface area contributed by atoms with Crippen molar-refractivity contribution in [3.8, 4) is 5.82 Å². The van der Waals surface area contributed by atoms with Crippen molar-refractivity contribution in [1.29, 1.82) is 0 Å². The minimum Gasteiger partial charge on any atom is -0.351 e. The Kier molecular flexibility index (Phi) is 3.46. The van der Waals surface area contributed by atoms with Crippen molar-refractivity contribution in [3.05, 3.63) is 53.3 Å². The molecule has 7 heteroatoms. The Bertz CT molecular complexity index is 817. The molecule has 3 heterocycles. The predicted octanol–water partition coefficient (Wildman–Crippen LogP) is 2.43. The van der Waals surface area contributed by atoms with Gasteiger partial charge in [-0.3, -0.25) is 4.79 Å². The highest BCUT2D eigenvalue weighted by atomic mass is 16.5. The van der Waals surface area contributed by atoms with E-state index in [-0.39, 0.29) is 11.7 Å². The minimum absolute atomic E-state index is 0.167. The number of hydrogen-bond acceptors (Lipinski definition) is 5. The van der Waals surface area contributed by atoms with Crippen LogP contribution in [0.25, 0.3) is 5.82 Å². The zero-order valence-corrected chi connectivity index (χ0v) is 12.5. The minimum atomic E-state index is -0.360. The molecule has 0 saturated heterocycles. The molecular formula is C15H15N5O2. The fourth-order valence-electron chi connectivity index (χ4n) is 2.11. The topological polar surface area (TPSA) is 85.8 Å². The Morgan fingerprint density at radius 1 is 1.18 bits per heavy atom. The maximum absolute atomic E-state index is 11.9. The van der Waals surface area contributed by atoms with Crippen LogP contribution in [-0.4, -0.2) is 25.8 Å². The van der Waals surface area contributed by atoms with E-state index in [2.05, 4.69) is 20.6 Å². The van der Waals surface area contributed by atoms with Crippen LogP contribution in [0.5, 0.6) is 0 Å². The maximum Gasteiger partial charge on any atom is 0.294 e. The maximum atomic E-state index is 11.9. The number of nitrogens with zero attached hydrogens (tertiary/aromatic N) is 4. The van der Waals surface area contributed by atoms with Crippen molar-refractivity contribution in [2.45, 2.75) is 20.8 Å². The molecule has 0 aliphatic rings. The van der Waals surface area contributed by atoms with E-state index in [9.17, 15) is 4.79 Å². The number of aryl methyl sites for hydroxylation is 3. The van der Waals surface area contributed by atoms with Gasteiger partial charge in [0.1, 0.15) is 0 Å². The Labute approximate surface area is 127 Å². The first-order valence-corrected chi connectivity index (χ1v) is 6.77. The summed E-state index contributed by atoms with van der Waals surface area (Å²) in [6.45, 7) is 5.64. The van der Waals surface area contributed by atoms with Gasteiger partial charge in [0.2, 0.25) is 5.76 Å². The van der Waals surface area contributed by atoms with Gasteiger partial charge in [0.05, 0.1) is 23.3 Å². The molecule has 0 bridgehead atoms. The highest BCUT2D eigenvalue weighted by Gasteiger charge is 2.12. The SMILES string of the molecule is Cc1cc(C(=O)Nc2ccc(-n3nc(C)cc3C)nc2)on1. The second-order valence-corrected chi connectivity index (χ2v) is 5.03. The first kappa shape index (κ1) is 14.0. The van der Waals surface area contributed by atoms with Crippen LogP contribution < -0.4 is 5.32 Å². The molecule has 22 heavy (non-hydrogen) atoms. The van der Waals surface area contributed by atoms with Crippen LogP contribution in [0.15, 0.2) is 35.0 Å². The molecule has 1 N–H and O–H groups in total. The molecule has 1 amide bonds. The zero-order valence-electron chi connectivity index (χ0n) is 12.5. The van der Waals surface area contributed by atoms with Gasteiger partial charge in [0, 0.05) is 11.8 Å². The molecule has 0 aliphatic carbocycles. The van der Waals surface area contributed by atoms with Gasteiger partial charge in [-0.1, -0.05) is 5.16 Å². The zero-order chi connectivity index (χ0) is 15.7. The summed E-state index contributed by atoms with van der Waals surface area (Å²) in [5.74, 6) is 0.500. The van der Waals surface area contributed by atoms with Gasteiger partial charge in [-0.25, -0.2) is 9.67 Å². The monoisotopic (exact) mass is 297 g/mol. The summed E-state index contributed by atoms with van der Waals surface area (Å²) in [7, 11) is 0. The second kappa shape index (κ2) is 5.44. The van der Waals surface area contributed by atoms with Crippen LogP contribution in [-0.2, 0) is 0 Å². The van der Waals surface area contributed by atoms with Crippen molar-refractivity contribution in [3.63, 3.8) is 0 Å². The van der Waals surface area contributed by atoms with E-state index in [4.69, 9.17) is 4.52 Å². The fourth-order valence-corrected chi connectivity index (χ4v) is 2.11. The van der Waals surface area contributed by atoms with Gasteiger partial charge in [0.15, 0.2) is 5.82 Å². The first-order valence-electron chi connectivity index (χ1n) is 6.77. The molecule has 112 valence electrons. The molecular weight excluding hydrogens is 282 g/mol. The Morgan fingerprint density at radius 3 is 2.55 bits per heavy atom. The number of aromatic nitrogens is 4. The smallest absolute Gasteiger partial charge is 0.294 e. The average molecular weight is 297 g/mol. The highest BCUT2D eigenvalue weighted by Crippen LogP contribution is 2.13. The average Bonchev–Trinajstić information content (AvgIpc) is 3.05. The first-order chi connectivity index (χ1) is 10.5. The number of rotatable bonds is 3. The van der Waals surface area contributed by atoms with Crippen LogP contribution in [0.1, 0.15) is 27.6 Å². The third-order valence-corrected chi connectivity index (χ3v) is 3.08. The van der Waals surface area contributed by atoms with Crippen molar-refractivity contribution < 1.29 is 9.32 Å². The standard InChI is InChI=1S/C15H15N5O2/c1-9-6-11(3)20(18-9)14-5-4-12(8-16-14)17-15(21)13-7-10(2)19-22-13/h4-8H,1-3H3,(H,17,21). The van der Waals surface area contributed by atoms with E-state index in [1.54, 1.807) is 36.0 Å². The molecule has 3 aromatic heterocycles. The third kappa shape index (κ3) is 2.73. The summed E-state index contributed by atoms with van der Waals surface area (Å²) in [4.78, 5) is 16.3. The molecule has 0 aromatic carbocycles. The number of nitrogens with one attached hydrogen (secondary N) is 1. The lowest BCUT2D eigenvalue weighted by molar-refractivity contribution is 0.0988. The number of carbonyl (C=O) groups excluding carboxylic acids is 1. The van der Waals surface area contributed by atoms with Gasteiger partial charge < -0.3 is 9.84 Å². The molecule has 0 radical (unpaired) electrons. The lowest BCUT2D eigenvalue weighted by atomic mass is 10.3. The van der Waals surface area contributed by atoms with Gasteiger partial charge in [-0.2, -0.15) is 5.10 Å². The Balaban J connectivity index is 1.77. The van der Waals surface area contributed by atoms with Crippen LogP contribution in [0, 0.1) is 20.8 Å². The van der Waals surface area contributed by atoms with E-state index in [1.165, 1.54) is 0 Å². The summed E-state index contributed by atoms with van der Waals surface area (Å²) >= 11 is 0. The largest absolute Gasteiger partial charge is 0.351 e. The van der Waals surface area contributed by atoms with Crippen LogP contribution in [0.4, 0.5) is 5.69 Å². The van der Waals surface area contributed by atoms with E-state index >= 15 is 0 Å². The Hall–Kier alpha value is -2.96. The molecule has 3 rings (SSSR count). The molecule has 0 unspecified atom stereocenters. The van der Waals surface area contributed by atoms with Crippen molar-refractivity contribution in [2.24, 2.45) is 0 Å². The fraction of sp³-hybridized carbons (Fsp3) is 0.200. The van der Waals surface area contributed by atoms with Crippen LogP contribution in [0.2, 0.25) is 0 Å². The number of carbonyl (C=O) groups is 1. The summed E-state index contributed by atoms with van der Waals surface area (Å²) in [6.07, 6.45) is 1.58. The summed E-state index contributed by atoms with van der Waals surface area (Å²) in [6, 6.07) is 7.11. The van der Waals surface area contributed by atoms with Crippen LogP contribution >= 0.6 is 0 Å². The quantitative estimate of drug-likeness (QED) is 0.802. The second-order valence-electron chi connectivity index (χ2n) is 5.03. The highest BCUT2D eigenvalue weighted by molar-refractivity contribution is 6.02. The molecule has 0 spiro atoms. The van der Waals surface area contributed by atoms with E-state index in [0.29, 0.717) is 17.2 Å². The van der Waals surface area contributed by atoms with Crippen LogP contribution in [0.3, 0.4) is 0 Å². The van der Waals surface area contributed by atoms with E-state index < -0.39 is 0 Å². The Morgan fingerprint density at radius 2 is 2.00 bits per heavy atom. The number of anilines is 1. The summed E-state index contributed by atoms with van der Waals surface area (Å²) in [5.41, 5.74) is 3.16. The van der Waals surface area contributed by atoms with Gasteiger partial charge in [-0.15, -0.1) is 0 Å². The third-order valence-electron chi connectivity index (χ3n) is 3.08. The van der Waals surface area contributed by atoms with Crippen molar-refractivity contribution in [2.75, 3.05) is 5.32 Å². The molecule has 0 aliphatic heterocycles. The van der Waals surface area contributed by atoms with Gasteiger partial charge in [-0.05, 0) is 39.0 Å². The van der Waals surface area contributed by atoms with Crippen molar-refractivity contribution >= 4 is 11.6 Å². The lowest BCUT2D eigenvalue weighted by Crippen LogP contribution is -2.11. The molecule has 0 saturated carbocycles. The van der Waals surface area contributed by atoms with Gasteiger partial charge >= 0.3 is 0 Å². The molecule has 7 nitrogen and oxygen atoms in total. The predicted molar refractivity (Wildman–Crippen MR) is 80.0 cm³/mol. The number of pyridine rings is 1. The van der Waals surface area contributed by atoms with Gasteiger partial charge in [0.25, 0.3) is 5.91 Å². The molecule has 0 fully saturated rings. The number of hydrogen-bond donors (Lipinski definition) is 1. The van der Waals surface area contributed by atoms with E-state index in [1.807, 2.05) is 19.9 Å². The van der Waals surface area contributed by atoms with Crippen molar-refractivity contribution in [1.82, 2.24) is 19.9 Å². The van der Waals surface area contributed by atoms with E-state index in [0.717, 1.165) is 11.4 Å². The normalized spacial score (nSPS) is 10.7. The summed E-state index contributed by atoms with van der Waals surface area (Å²) < 4.78 is 6.66. The summed E-state index contributed by atoms with van der Waals surface area (Å²) in [5, 5.41) is 10.8. The molecule has 3 aromatic rings. The number of amides is 1. The lowest BCUT2D eigenvalue weighted by Gasteiger charge is -2.05.